The van der Waals surface area contributed by atoms with E-state index in [1.807, 2.05) is 29.2 Å². The number of rotatable bonds is 6. The van der Waals surface area contributed by atoms with Gasteiger partial charge in [0.15, 0.2) is 0 Å². The van der Waals surface area contributed by atoms with E-state index in [-0.39, 0.29) is 29.8 Å². The molecule has 1 aromatic rings. The Morgan fingerprint density at radius 3 is 2.54 bits per heavy atom. The quantitative estimate of drug-likeness (QED) is 0.789. The van der Waals surface area contributed by atoms with Crippen LogP contribution in [0.3, 0.4) is 0 Å². The lowest BCUT2D eigenvalue weighted by atomic mass is 9.79. The van der Waals surface area contributed by atoms with Crippen LogP contribution in [0.15, 0.2) is 24.3 Å². The molecule has 1 aromatic carbocycles. The standard InChI is InChI=1S/C19H30N2O2.ClH/c1-4-5-6-13-23-16-9-7-15(8-10-16)18(22)21-12-11-17(20)19(2,3)14-21;/h7-10,17H,4-6,11-14,20H2,1-3H3;1H. The van der Waals surface area contributed by atoms with Crippen molar-refractivity contribution in [3.8, 4) is 5.75 Å². The Balaban J connectivity index is 0.00000288. The average molecular weight is 355 g/mol. The van der Waals surface area contributed by atoms with Gasteiger partial charge >= 0.3 is 0 Å². The number of nitrogens with zero attached hydrogens (tertiary/aromatic N) is 1. The van der Waals surface area contributed by atoms with Crippen molar-refractivity contribution in [1.82, 2.24) is 4.90 Å². The van der Waals surface area contributed by atoms with Gasteiger partial charge in [0.2, 0.25) is 0 Å². The van der Waals surface area contributed by atoms with E-state index in [1.54, 1.807) is 0 Å². The fourth-order valence-corrected chi connectivity index (χ4v) is 2.97. The molecule has 0 spiro atoms. The minimum absolute atomic E-state index is 0. The number of amides is 1. The number of carbonyl (C=O) groups is 1. The Labute approximate surface area is 152 Å². The fraction of sp³-hybridized carbons (Fsp3) is 0.632. The van der Waals surface area contributed by atoms with Crippen LogP contribution in [-0.4, -0.2) is 36.5 Å². The molecule has 1 saturated heterocycles. The van der Waals surface area contributed by atoms with Crippen molar-refractivity contribution in [2.75, 3.05) is 19.7 Å². The molecule has 0 aromatic heterocycles. The molecule has 2 N–H and O–H groups in total. The predicted molar refractivity (Wildman–Crippen MR) is 101 cm³/mol. The summed E-state index contributed by atoms with van der Waals surface area (Å²) in [5.41, 5.74) is 6.83. The van der Waals surface area contributed by atoms with Crippen LogP contribution < -0.4 is 10.5 Å². The number of hydrogen-bond acceptors (Lipinski definition) is 3. The van der Waals surface area contributed by atoms with Crippen molar-refractivity contribution in [2.45, 2.75) is 52.5 Å². The van der Waals surface area contributed by atoms with Gasteiger partial charge < -0.3 is 15.4 Å². The van der Waals surface area contributed by atoms with Gasteiger partial charge in [-0.15, -0.1) is 12.4 Å². The van der Waals surface area contributed by atoms with Crippen LogP contribution in [0.4, 0.5) is 0 Å². The lowest BCUT2D eigenvalue weighted by Gasteiger charge is -2.42. The molecule has 0 saturated carbocycles. The summed E-state index contributed by atoms with van der Waals surface area (Å²) in [6, 6.07) is 7.66. The third-order valence-electron chi connectivity index (χ3n) is 4.72. The highest BCUT2D eigenvalue weighted by molar-refractivity contribution is 5.94. The third-order valence-corrected chi connectivity index (χ3v) is 4.72. The number of halogens is 1. The van der Waals surface area contributed by atoms with Gasteiger partial charge in [0.1, 0.15) is 5.75 Å². The summed E-state index contributed by atoms with van der Waals surface area (Å²) in [4.78, 5) is 14.6. The highest BCUT2D eigenvalue weighted by Crippen LogP contribution is 2.28. The number of ether oxygens (including phenoxy) is 1. The van der Waals surface area contributed by atoms with E-state index in [2.05, 4.69) is 20.8 Å². The van der Waals surface area contributed by atoms with Crippen molar-refractivity contribution < 1.29 is 9.53 Å². The summed E-state index contributed by atoms with van der Waals surface area (Å²) < 4.78 is 5.69. The van der Waals surface area contributed by atoms with Crippen molar-refractivity contribution in [1.29, 1.82) is 0 Å². The van der Waals surface area contributed by atoms with Crippen LogP contribution in [0, 0.1) is 5.41 Å². The maximum Gasteiger partial charge on any atom is 0.253 e. The topological polar surface area (TPSA) is 55.6 Å². The second-order valence-electron chi connectivity index (χ2n) is 7.19. The molecule has 24 heavy (non-hydrogen) atoms. The summed E-state index contributed by atoms with van der Waals surface area (Å²) in [7, 11) is 0. The zero-order valence-electron chi connectivity index (χ0n) is 15.1. The minimum Gasteiger partial charge on any atom is -0.494 e. The number of hydrogen-bond donors (Lipinski definition) is 1. The summed E-state index contributed by atoms with van der Waals surface area (Å²) in [6.07, 6.45) is 4.30. The summed E-state index contributed by atoms with van der Waals surface area (Å²) in [6.45, 7) is 8.62. The lowest BCUT2D eigenvalue weighted by molar-refractivity contribution is 0.0533. The van der Waals surface area contributed by atoms with Gasteiger partial charge in [0.05, 0.1) is 6.61 Å². The lowest BCUT2D eigenvalue weighted by Crippen LogP contribution is -2.53. The Morgan fingerprint density at radius 1 is 1.29 bits per heavy atom. The summed E-state index contributed by atoms with van der Waals surface area (Å²) in [5, 5.41) is 0. The zero-order chi connectivity index (χ0) is 16.9. The highest BCUT2D eigenvalue weighted by atomic mass is 35.5. The van der Waals surface area contributed by atoms with Crippen molar-refractivity contribution in [2.24, 2.45) is 11.1 Å². The second-order valence-corrected chi connectivity index (χ2v) is 7.19. The SMILES string of the molecule is CCCCCOc1ccc(C(=O)N2CCC(N)C(C)(C)C2)cc1.Cl. The first-order valence-corrected chi connectivity index (χ1v) is 8.72. The Morgan fingerprint density at radius 2 is 1.96 bits per heavy atom. The van der Waals surface area contributed by atoms with Crippen LogP contribution in [0.1, 0.15) is 56.8 Å². The molecule has 0 bridgehead atoms. The Bertz CT molecular complexity index is 517. The van der Waals surface area contributed by atoms with Crippen LogP contribution in [0.2, 0.25) is 0 Å². The fourth-order valence-electron chi connectivity index (χ4n) is 2.97. The molecule has 1 fully saturated rings. The second kappa shape index (κ2) is 9.28. The van der Waals surface area contributed by atoms with Gasteiger partial charge in [-0.3, -0.25) is 4.79 Å². The maximum absolute atomic E-state index is 12.6. The molecule has 1 unspecified atom stereocenters. The van der Waals surface area contributed by atoms with Crippen LogP contribution in [0.5, 0.6) is 5.75 Å². The van der Waals surface area contributed by atoms with Crippen molar-refractivity contribution >= 4 is 18.3 Å². The first kappa shape index (κ1) is 20.8. The molecule has 2 rings (SSSR count). The molecule has 5 heteroatoms. The van der Waals surface area contributed by atoms with E-state index < -0.39 is 0 Å². The predicted octanol–water partition coefficient (Wildman–Crippen LogP) is 3.88. The van der Waals surface area contributed by atoms with Gasteiger partial charge in [0.25, 0.3) is 5.91 Å². The molecule has 4 nitrogen and oxygen atoms in total. The third kappa shape index (κ3) is 5.38. The van der Waals surface area contributed by atoms with Crippen molar-refractivity contribution in [3.05, 3.63) is 29.8 Å². The number of likely N-dealkylation sites (tertiary alicyclic amines) is 1. The number of benzene rings is 1. The Kier molecular flexibility index (Phi) is 8.04. The smallest absolute Gasteiger partial charge is 0.253 e. The number of unbranched alkanes of at least 4 members (excludes halogenated alkanes) is 2. The largest absolute Gasteiger partial charge is 0.494 e. The molecule has 1 aliphatic rings. The van der Waals surface area contributed by atoms with Crippen LogP contribution in [0.25, 0.3) is 0 Å². The van der Waals surface area contributed by atoms with E-state index >= 15 is 0 Å². The highest BCUT2D eigenvalue weighted by Gasteiger charge is 2.35. The molecular weight excluding hydrogens is 324 g/mol. The monoisotopic (exact) mass is 354 g/mol. The number of carbonyl (C=O) groups excluding carboxylic acids is 1. The van der Waals surface area contributed by atoms with Gasteiger partial charge in [-0.05, 0) is 42.5 Å². The summed E-state index contributed by atoms with van der Waals surface area (Å²) >= 11 is 0. The molecule has 1 amide bonds. The average Bonchev–Trinajstić information content (AvgIpc) is 2.54. The normalized spacial score (nSPS) is 19.5. The van der Waals surface area contributed by atoms with E-state index in [0.29, 0.717) is 6.54 Å². The number of piperidine rings is 1. The van der Waals surface area contributed by atoms with Crippen LogP contribution >= 0.6 is 12.4 Å². The Hall–Kier alpha value is -1.26. The van der Waals surface area contributed by atoms with Crippen LogP contribution in [-0.2, 0) is 0 Å². The molecule has 0 radical (unpaired) electrons. The molecule has 1 heterocycles. The van der Waals surface area contributed by atoms with E-state index in [0.717, 1.165) is 37.3 Å². The van der Waals surface area contributed by atoms with Gasteiger partial charge in [0, 0.05) is 24.7 Å². The van der Waals surface area contributed by atoms with E-state index in [4.69, 9.17) is 10.5 Å². The molecule has 136 valence electrons. The molecule has 1 atom stereocenters. The minimum atomic E-state index is -0.0315. The molecule has 0 aliphatic carbocycles. The molecule has 1 aliphatic heterocycles. The zero-order valence-corrected chi connectivity index (χ0v) is 15.9. The first-order chi connectivity index (χ1) is 10.9. The van der Waals surface area contributed by atoms with Gasteiger partial charge in [-0.25, -0.2) is 0 Å². The van der Waals surface area contributed by atoms with Gasteiger partial charge in [-0.2, -0.15) is 0 Å². The summed E-state index contributed by atoms with van der Waals surface area (Å²) in [5.74, 6) is 0.918. The van der Waals surface area contributed by atoms with E-state index in [1.165, 1.54) is 12.8 Å². The van der Waals surface area contributed by atoms with Crippen molar-refractivity contribution in [3.63, 3.8) is 0 Å². The molecular formula is C19H31ClN2O2. The maximum atomic E-state index is 12.6. The number of nitrogens with two attached hydrogens (primary N) is 1. The van der Waals surface area contributed by atoms with E-state index in [9.17, 15) is 4.79 Å². The van der Waals surface area contributed by atoms with Gasteiger partial charge in [-0.1, -0.05) is 33.6 Å². The first-order valence-electron chi connectivity index (χ1n) is 8.72.